The topological polar surface area (TPSA) is 40.2 Å². The molecule has 5 heteroatoms. The summed E-state index contributed by atoms with van der Waals surface area (Å²) in [6.07, 6.45) is 0.111. The zero-order valence-corrected chi connectivity index (χ0v) is 14.0. The maximum absolute atomic E-state index is 6.02. The molecular weight excluding hydrogens is 282 g/mol. The summed E-state index contributed by atoms with van der Waals surface area (Å²) in [5, 5.41) is 0. The Hall–Kier alpha value is -1.30. The monoisotopic (exact) mass is 309 g/mol. The molecule has 2 rings (SSSR count). The summed E-state index contributed by atoms with van der Waals surface area (Å²) in [5.41, 5.74) is -0.161. The third kappa shape index (κ3) is 4.87. The highest BCUT2D eigenvalue weighted by Gasteiger charge is 2.33. The molecule has 0 bridgehead atoms. The van der Waals surface area contributed by atoms with Crippen molar-refractivity contribution in [2.75, 3.05) is 47.1 Å². The summed E-state index contributed by atoms with van der Waals surface area (Å²) in [6, 6.07) is 7.72. The van der Waals surface area contributed by atoms with Crippen molar-refractivity contribution < 1.29 is 18.9 Å². The van der Waals surface area contributed by atoms with Crippen LogP contribution in [0.3, 0.4) is 0 Å². The predicted molar refractivity (Wildman–Crippen MR) is 85.8 cm³/mol. The van der Waals surface area contributed by atoms with Crippen LogP contribution in [0, 0.1) is 0 Å². The Balaban J connectivity index is 1.85. The molecule has 1 fully saturated rings. The lowest BCUT2D eigenvalue weighted by molar-refractivity contribution is -0.153. The van der Waals surface area contributed by atoms with E-state index < -0.39 is 0 Å². The van der Waals surface area contributed by atoms with E-state index in [4.69, 9.17) is 18.9 Å². The summed E-state index contributed by atoms with van der Waals surface area (Å²) >= 11 is 0. The van der Waals surface area contributed by atoms with Gasteiger partial charge in [-0.1, -0.05) is 12.1 Å². The predicted octanol–water partition coefficient (Wildman–Crippen LogP) is 2.20. The standard InChI is InChI=1S/C17H27NO4/c1-17(2)13-18(11-14(22-17)12-19-3)9-10-21-16-8-6-5-7-15(16)20-4/h5-8,14H,9-13H2,1-4H3. The molecule has 22 heavy (non-hydrogen) atoms. The summed E-state index contributed by atoms with van der Waals surface area (Å²) in [5.74, 6) is 1.55. The van der Waals surface area contributed by atoms with Crippen LogP contribution in [-0.4, -0.2) is 63.7 Å². The first kappa shape index (κ1) is 17.1. The molecule has 1 aromatic rings. The Morgan fingerprint density at radius 3 is 2.64 bits per heavy atom. The molecular formula is C17H27NO4. The first-order valence-electron chi connectivity index (χ1n) is 7.69. The maximum atomic E-state index is 6.02. The molecule has 0 saturated carbocycles. The fourth-order valence-corrected chi connectivity index (χ4v) is 2.88. The van der Waals surface area contributed by atoms with E-state index in [1.54, 1.807) is 14.2 Å². The Kier molecular flexibility index (Phi) is 6.06. The van der Waals surface area contributed by atoms with E-state index in [9.17, 15) is 0 Å². The van der Waals surface area contributed by atoms with Gasteiger partial charge in [-0.3, -0.25) is 4.90 Å². The van der Waals surface area contributed by atoms with Gasteiger partial charge < -0.3 is 18.9 Å². The number of hydrogen-bond donors (Lipinski definition) is 0. The zero-order chi connectivity index (χ0) is 16.0. The lowest BCUT2D eigenvalue weighted by Gasteiger charge is -2.42. The number of morpholine rings is 1. The highest BCUT2D eigenvalue weighted by molar-refractivity contribution is 5.39. The SMILES string of the molecule is COCC1CN(CCOc2ccccc2OC)CC(C)(C)O1. The number of hydrogen-bond acceptors (Lipinski definition) is 5. The second kappa shape index (κ2) is 7.81. The zero-order valence-electron chi connectivity index (χ0n) is 14.0. The number of rotatable bonds is 7. The van der Waals surface area contributed by atoms with Crippen LogP contribution < -0.4 is 9.47 Å². The summed E-state index contributed by atoms with van der Waals surface area (Å²) < 4.78 is 22.4. The molecule has 0 N–H and O–H groups in total. The number of ether oxygens (including phenoxy) is 4. The largest absolute Gasteiger partial charge is 0.493 e. The van der Waals surface area contributed by atoms with Crippen molar-refractivity contribution in [3.63, 3.8) is 0 Å². The van der Waals surface area contributed by atoms with Crippen LogP contribution in [0.4, 0.5) is 0 Å². The average molecular weight is 309 g/mol. The molecule has 1 saturated heterocycles. The van der Waals surface area contributed by atoms with Crippen LogP contribution in [0.2, 0.25) is 0 Å². The third-order valence-corrected chi connectivity index (χ3v) is 3.64. The molecule has 124 valence electrons. The van der Waals surface area contributed by atoms with Crippen LogP contribution >= 0.6 is 0 Å². The molecule has 1 aliphatic rings. The van der Waals surface area contributed by atoms with Crippen LogP contribution in [0.1, 0.15) is 13.8 Å². The molecule has 0 amide bonds. The molecule has 1 atom stereocenters. The molecule has 1 aliphatic heterocycles. The van der Waals surface area contributed by atoms with Crippen molar-refractivity contribution in [1.82, 2.24) is 4.90 Å². The minimum atomic E-state index is -0.161. The lowest BCUT2D eigenvalue weighted by atomic mass is 10.1. The highest BCUT2D eigenvalue weighted by atomic mass is 16.5. The van der Waals surface area contributed by atoms with E-state index in [1.165, 1.54) is 0 Å². The van der Waals surface area contributed by atoms with Gasteiger partial charge in [0.15, 0.2) is 11.5 Å². The Morgan fingerprint density at radius 2 is 1.95 bits per heavy atom. The maximum Gasteiger partial charge on any atom is 0.161 e. The number of para-hydroxylation sites is 2. The molecule has 0 radical (unpaired) electrons. The van der Waals surface area contributed by atoms with Crippen LogP contribution in [-0.2, 0) is 9.47 Å². The second-order valence-electron chi connectivity index (χ2n) is 6.19. The Labute approximate surface area is 133 Å². The number of nitrogens with zero attached hydrogens (tertiary/aromatic N) is 1. The van der Waals surface area contributed by atoms with Gasteiger partial charge in [0.1, 0.15) is 6.61 Å². The normalized spacial score (nSPS) is 21.5. The van der Waals surface area contributed by atoms with Crippen molar-refractivity contribution in [3.05, 3.63) is 24.3 Å². The average Bonchev–Trinajstić information content (AvgIpc) is 2.46. The van der Waals surface area contributed by atoms with Crippen LogP contribution in [0.5, 0.6) is 11.5 Å². The van der Waals surface area contributed by atoms with E-state index in [0.29, 0.717) is 13.2 Å². The minimum absolute atomic E-state index is 0.111. The molecule has 0 aromatic heterocycles. The molecule has 1 unspecified atom stereocenters. The summed E-state index contributed by atoms with van der Waals surface area (Å²) in [6.45, 7) is 8.08. The minimum Gasteiger partial charge on any atom is -0.493 e. The summed E-state index contributed by atoms with van der Waals surface area (Å²) in [4.78, 5) is 2.36. The smallest absolute Gasteiger partial charge is 0.161 e. The first-order valence-corrected chi connectivity index (χ1v) is 7.69. The molecule has 1 aromatic carbocycles. The van der Waals surface area contributed by atoms with Crippen molar-refractivity contribution >= 4 is 0 Å². The van der Waals surface area contributed by atoms with E-state index in [0.717, 1.165) is 31.1 Å². The molecule has 0 aliphatic carbocycles. The van der Waals surface area contributed by atoms with Gasteiger partial charge in [-0.15, -0.1) is 0 Å². The molecule has 0 spiro atoms. The molecule has 5 nitrogen and oxygen atoms in total. The third-order valence-electron chi connectivity index (χ3n) is 3.64. The molecule has 1 heterocycles. The van der Waals surface area contributed by atoms with Crippen molar-refractivity contribution in [3.8, 4) is 11.5 Å². The van der Waals surface area contributed by atoms with E-state index in [-0.39, 0.29) is 11.7 Å². The Bertz CT molecular complexity index is 464. The van der Waals surface area contributed by atoms with Gasteiger partial charge in [-0.05, 0) is 26.0 Å². The van der Waals surface area contributed by atoms with Crippen molar-refractivity contribution in [2.24, 2.45) is 0 Å². The first-order chi connectivity index (χ1) is 10.5. The highest BCUT2D eigenvalue weighted by Crippen LogP contribution is 2.26. The lowest BCUT2D eigenvalue weighted by Crippen LogP contribution is -2.54. The van der Waals surface area contributed by atoms with Crippen LogP contribution in [0.15, 0.2) is 24.3 Å². The van der Waals surface area contributed by atoms with Gasteiger partial charge >= 0.3 is 0 Å². The number of benzene rings is 1. The quantitative estimate of drug-likeness (QED) is 0.772. The second-order valence-corrected chi connectivity index (χ2v) is 6.19. The van der Waals surface area contributed by atoms with Crippen molar-refractivity contribution in [1.29, 1.82) is 0 Å². The van der Waals surface area contributed by atoms with Gasteiger partial charge in [0, 0.05) is 26.7 Å². The van der Waals surface area contributed by atoms with Gasteiger partial charge in [-0.25, -0.2) is 0 Å². The van der Waals surface area contributed by atoms with Gasteiger partial charge in [0.2, 0.25) is 0 Å². The van der Waals surface area contributed by atoms with Gasteiger partial charge in [0.25, 0.3) is 0 Å². The van der Waals surface area contributed by atoms with E-state index in [1.807, 2.05) is 24.3 Å². The number of methoxy groups -OCH3 is 2. The summed E-state index contributed by atoms with van der Waals surface area (Å²) in [7, 11) is 3.36. The van der Waals surface area contributed by atoms with Crippen molar-refractivity contribution in [2.45, 2.75) is 25.6 Å². The fourth-order valence-electron chi connectivity index (χ4n) is 2.88. The van der Waals surface area contributed by atoms with E-state index in [2.05, 4.69) is 18.7 Å². The fraction of sp³-hybridized carbons (Fsp3) is 0.647. The van der Waals surface area contributed by atoms with Crippen LogP contribution in [0.25, 0.3) is 0 Å². The van der Waals surface area contributed by atoms with Gasteiger partial charge in [-0.2, -0.15) is 0 Å². The van der Waals surface area contributed by atoms with Gasteiger partial charge in [0.05, 0.1) is 25.4 Å². The Morgan fingerprint density at radius 1 is 1.23 bits per heavy atom. The van der Waals surface area contributed by atoms with E-state index >= 15 is 0 Å².